The number of amides is 1. The van der Waals surface area contributed by atoms with Gasteiger partial charge in [-0.25, -0.2) is 19.3 Å². The summed E-state index contributed by atoms with van der Waals surface area (Å²) in [5, 5.41) is 5.88. The molecule has 1 aromatic carbocycles. The highest BCUT2D eigenvalue weighted by atomic mass is 19.1. The zero-order valence-electron chi connectivity index (χ0n) is 20.2. The molecule has 0 saturated carbocycles. The average Bonchev–Trinajstić information content (AvgIpc) is 3.34. The van der Waals surface area contributed by atoms with Crippen molar-refractivity contribution < 1.29 is 23.4 Å². The Bertz CT molecular complexity index is 1190. The Balaban J connectivity index is 1.60. The van der Waals surface area contributed by atoms with E-state index in [1.807, 2.05) is 0 Å². The second kappa shape index (κ2) is 11.4. The van der Waals surface area contributed by atoms with E-state index < -0.39 is 11.7 Å². The number of hydrogen-bond acceptors (Lipinski definition) is 8. The first-order chi connectivity index (χ1) is 17.4. The Hall–Kier alpha value is -3.67. The number of rotatable bonds is 10. The van der Waals surface area contributed by atoms with E-state index in [-0.39, 0.29) is 24.9 Å². The SMILES string of the molecule is C=CCNc1nccc(-c2[nH]c(C3OCC(C)(C(=O)NCCOC)CO3)nc2-c2ccc(F)cc2)n1. The molecule has 1 aliphatic rings. The van der Waals surface area contributed by atoms with E-state index in [0.29, 0.717) is 54.1 Å². The Morgan fingerprint density at radius 3 is 2.72 bits per heavy atom. The number of halogens is 1. The van der Waals surface area contributed by atoms with Crippen LogP contribution >= 0.6 is 0 Å². The Morgan fingerprint density at radius 1 is 1.28 bits per heavy atom. The van der Waals surface area contributed by atoms with Gasteiger partial charge in [0, 0.05) is 32.0 Å². The van der Waals surface area contributed by atoms with Crippen LogP contribution in [0.25, 0.3) is 22.6 Å². The van der Waals surface area contributed by atoms with Crippen molar-refractivity contribution in [3.63, 3.8) is 0 Å². The van der Waals surface area contributed by atoms with Gasteiger partial charge in [0.05, 0.1) is 42.3 Å². The van der Waals surface area contributed by atoms with E-state index in [2.05, 4.69) is 32.2 Å². The summed E-state index contributed by atoms with van der Waals surface area (Å²) >= 11 is 0. The molecule has 2 aromatic heterocycles. The number of nitrogens with zero attached hydrogens (tertiary/aromatic N) is 3. The molecule has 190 valence electrons. The summed E-state index contributed by atoms with van der Waals surface area (Å²) in [5.41, 5.74) is 1.56. The number of hydrogen-bond donors (Lipinski definition) is 3. The molecule has 0 atom stereocenters. The summed E-state index contributed by atoms with van der Waals surface area (Å²) in [6.07, 6.45) is 2.51. The molecule has 0 spiro atoms. The normalized spacial score (nSPS) is 19.6. The number of methoxy groups -OCH3 is 1. The first-order valence-corrected chi connectivity index (χ1v) is 11.5. The summed E-state index contributed by atoms with van der Waals surface area (Å²) in [6.45, 7) is 7.07. The topological polar surface area (TPSA) is 123 Å². The van der Waals surface area contributed by atoms with Crippen LogP contribution in [-0.4, -0.2) is 65.9 Å². The van der Waals surface area contributed by atoms with Crippen LogP contribution in [-0.2, 0) is 19.0 Å². The number of aromatic amines is 1. The molecule has 3 N–H and O–H groups in total. The molecule has 1 saturated heterocycles. The first-order valence-electron chi connectivity index (χ1n) is 11.5. The number of aromatic nitrogens is 4. The summed E-state index contributed by atoms with van der Waals surface area (Å²) in [5.74, 6) is 0.307. The zero-order chi connectivity index (χ0) is 25.5. The van der Waals surface area contributed by atoms with Gasteiger partial charge in [-0.2, -0.15) is 0 Å². The average molecular weight is 497 g/mol. The van der Waals surface area contributed by atoms with Gasteiger partial charge in [-0.1, -0.05) is 6.08 Å². The highest BCUT2D eigenvalue weighted by Gasteiger charge is 2.40. The van der Waals surface area contributed by atoms with Crippen molar-refractivity contribution in [1.29, 1.82) is 0 Å². The Morgan fingerprint density at radius 2 is 2.03 bits per heavy atom. The van der Waals surface area contributed by atoms with Gasteiger partial charge < -0.3 is 29.8 Å². The maximum Gasteiger partial charge on any atom is 0.230 e. The van der Waals surface area contributed by atoms with E-state index in [1.54, 1.807) is 44.5 Å². The molecular weight excluding hydrogens is 467 g/mol. The van der Waals surface area contributed by atoms with Gasteiger partial charge in [0.25, 0.3) is 0 Å². The first kappa shape index (κ1) is 25.4. The minimum atomic E-state index is -0.849. The van der Waals surface area contributed by atoms with Gasteiger partial charge in [-0.3, -0.25) is 4.79 Å². The Kier molecular flexibility index (Phi) is 8.04. The van der Waals surface area contributed by atoms with E-state index >= 15 is 0 Å². The number of H-pyrrole nitrogens is 1. The van der Waals surface area contributed by atoms with Crippen LogP contribution in [0.15, 0.2) is 49.2 Å². The fraction of sp³-hybridized carbons (Fsp3) is 0.360. The van der Waals surface area contributed by atoms with Gasteiger partial charge in [0.2, 0.25) is 18.1 Å². The minimum Gasteiger partial charge on any atom is -0.383 e. The van der Waals surface area contributed by atoms with Crippen LogP contribution in [0.2, 0.25) is 0 Å². The second-order valence-corrected chi connectivity index (χ2v) is 8.55. The molecule has 1 aliphatic heterocycles. The highest BCUT2D eigenvalue weighted by Crippen LogP contribution is 2.35. The van der Waals surface area contributed by atoms with Crippen molar-refractivity contribution >= 4 is 11.9 Å². The number of anilines is 1. The van der Waals surface area contributed by atoms with E-state index in [9.17, 15) is 9.18 Å². The molecule has 4 rings (SSSR count). The lowest BCUT2D eigenvalue weighted by Crippen LogP contribution is -2.49. The monoisotopic (exact) mass is 496 g/mol. The lowest BCUT2D eigenvalue weighted by atomic mass is 9.91. The molecule has 0 aliphatic carbocycles. The lowest BCUT2D eigenvalue weighted by molar-refractivity contribution is -0.231. The van der Waals surface area contributed by atoms with Gasteiger partial charge in [0.15, 0.2) is 5.82 Å². The molecule has 3 heterocycles. The minimum absolute atomic E-state index is 0.140. The second-order valence-electron chi connectivity index (χ2n) is 8.55. The number of benzene rings is 1. The predicted octanol–water partition coefficient (Wildman–Crippen LogP) is 3.09. The van der Waals surface area contributed by atoms with Crippen LogP contribution in [0.5, 0.6) is 0 Å². The van der Waals surface area contributed by atoms with Crippen molar-refractivity contribution in [3.8, 4) is 22.6 Å². The number of carbonyl (C=O) groups excluding carboxylic acids is 1. The molecule has 0 radical (unpaired) electrons. The number of ether oxygens (including phenoxy) is 3. The molecule has 36 heavy (non-hydrogen) atoms. The van der Waals surface area contributed by atoms with Crippen LogP contribution in [0, 0.1) is 11.2 Å². The largest absolute Gasteiger partial charge is 0.383 e. The standard InChI is InChI=1S/C25H29FN6O4/c1-4-10-28-24-29-11-9-18(30-24)20-19(16-5-7-17(26)8-6-16)31-21(32-20)22-35-14-25(2,15-36-22)23(33)27-12-13-34-3/h4-9,11,22H,1,10,12-15H2,2-3H3,(H,27,33)(H,31,32)(H,28,29,30). The number of imidazole rings is 1. The molecule has 1 amide bonds. The van der Waals surface area contributed by atoms with Gasteiger partial charge in [-0.05, 0) is 37.3 Å². The van der Waals surface area contributed by atoms with E-state index in [0.717, 1.165) is 0 Å². The van der Waals surface area contributed by atoms with E-state index in [1.165, 1.54) is 12.1 Å². The maximum absolute atomic E-state index is 13.6. The van der Waals surface area contributed by atoms with Crippen molar-refractivity contribution in [2.75, 3.05) is 45.3 Å². The van der Waals surface area contributed by atoms with Crippen molar-refractivity contribution in [2.45, 2.75) is 13.2 Å². The van der Waals surface area contributed by atoms with Gasteiger partial charge in [0.1, 0.15) is 5.82 Å². The van der Waals surface area contributed by atoms with Crippen molar-refractivity contribution in [1.82, 2.24) is 25.3 Å². The number of nitrogens with one attached hydrogen (secondary N) is 3. The third kappa shape index (κ3) is 5.76. The molecule has 0 bridgehead atoms. The fourth-order valence-electron chi connectivity index (χ4n) is 3.63. The maximum atomic E-state index is 13.6. The molecule has 1 fully saturated rings. The molecular formula is C25H29FN6O4. The molecule has 0 unspecified atom stereocenters. The van der Waals surface area contributed by atoms with Gasteiger partial charge in [-0.15, -0.1) is 6.58 Å². The quantitative estimate of drug-likeness (QED) is 0.289. The van der Waals surface area contributed by atoms with Gasteiger partial charge >= 0.3 is 0 Å². The summed E-state index contributed by atoms with van der Waals surface area (Å²) in [7, 11) is 1.57. The molecule has 11 heteroatoms. The fourth-order valence-corrected chi connectivity index (χ4v) is 3.63. The third-order valence-corrected chi connectivity index (χ3v) is 5.63. The smallest absolute Gasteiger partial charge is 0.230 e. The summed E-state index contributed by atoms with van der Waals surface area (Å²) < 4.78 is 30.4. The van der Waals surface area contributed by atoms with Crippen LogP contribution < -0.4 is 10.6 Å². The van der Waals surface area contributed by atoms with E-state index in [4.69, 9.17) is 19.2 Å². The molecule has 3 aromatic rings. The third-order valence-electron chi connectivity index (χ3n) is 5.63. The summed E-state index contributed by atoms with van der Waals surface area (Å²) in [6, 6.07) is 7.76. The van der Waals surface area contributed by atoms with Crippen LogP contribution in [0.3, 0.4) is 0 Å². The van der Waals surface area contributed by atoms with Crippen molar-refractivity contribution in [3.05, 3.63) is 60.8 Å². The number of carbonyl (C=O) groups is 1. The van der Waals surface area contributed by atoms with Crippen LogP contribution in [0.4, 0.5) is 10.3 Å². The van der Waals surface area contributed by atoms with Crippen LogP contribution in [0.1, 0.15) is 19.0 Å². The predicted molar refractivity (Wildman–Crippen MR) is 131 cm³/mol. The zero-order valence-corrected chi connectivity index (χ0v) is 20.2. The Labute approximate surface area is 208 Å². The van der Waals surface area contributed by atoms with Crippen molar-refractivity contribution in [2.24, 2.45) is 5.41 Å². The summed E-state index contributed by atoms with van der Waals surface area (Å²) in [4.78, 5) is 29.3. The highest BCUT2D eigenvalue weighted by molar-refractivity contribution is 5.82. The molecule has 10 nitrogen and oxygen atoms in total. The lowest BCUT2D eigenvalue weighted by Gasteiger charge is -2.35.